The molecule has 0 bridgehead atoms. The number of amides is 1. The van der Waals surface area contributed by atoms with Gasteiger partial charge in [0.15, 0.2) is 6.29 Å². The van der Waals surface area contributed by atoms with Crippen molar-refractivity contribution in [2.45, 2.75) is 25.7 Å². The summed E-state index contributed by atoms with van der Waals surface area (Å²) in [6, 6.07) is 17.3. The minimum Gasteiger partial charge on any atom is -0.456 e. The van der Waals surface area contributed by atoms with Gasteiger partial charge in [-0.05, 0) is 48.7 Å². The number of nitrogens with zero attached hydrogens (tertiary/aromatic N) is 2. The number of hydrogen-bond acceptors (Lipinski definition) is 6. The number of hydrogen-bond donors (Lipinski definition) is 1. The van der Waals surface area contributed by atoms with Crippen LogP contribution in [0.15, 0.2) is 59.0 Å². The van der Waals surface area contributed by atoms with Gasteiger partial charge in [-0.3, -0.25) is 9.59 Å². The summed E-state index contributed by atoms with van der Waals surface area (Å²) in [6.07, 6.45) is 5.12. The van der Waals surface area contributed by atoms with E-state index in [1.54, 1.807) is 12.1 Å². The van der Waals surface area contributed by atoms with Gasteiger partial charge in [0.05, 0.1) is 25.9 Å². The van der Waals surface area contributed by atoms with E-state index in [9.17, 15) is 9.59 Å². The molecule has 2 aromatic carbocycles. The minimum absolute atomic E-state index is 0.263. The quantitative estimate of drug-likeness (QED) is 0.0571. The Morgan fingerprint density at radius 3 is 2.39 bits per heavy atom. The van der Waals surface area contributed by atoms with Gasteiger partial charge in [0.25, 0.3) is 5.91 Å². The predicted octanol–water partition coefficient (Wildman–Crippen LogP) is 5.68. The molecule has 1 aliphatic heterocycles. The molecule has 2 aromatic rings. The Balaban J connectivity index is 1.48. The highest BCUT2D eigenvalue weighted by molar-refractivity contribution is 6.17. The highest BCUT2D eigenvalue weighted by Crippen LogP contribution is 2.41. The number of carbonyl (C=O) groups excluding carboxylic acids is 2. The summed E-state index contributed by atoms with van der Waals surface area (Å²) in [5, 5.41) is 4.76. The number of halogens is 1. The summed E-state index contributed by atoms with van der Waals surface area (Å²) < 4.78 is 19.6. The summed E-state index contributed by atoms with van der Waals surface area (Å²) in [6.45, 7) is 2.44. The second kappa shape index (κ2) is 16.4. The molecule has 2 aliphatic rings. The van der Waals surface area contributed by atoms with Crippen LogP contribution in [0.2, 0.25) is 0 Å². The normalized spacial score (nSPS) is 11.2. The van der Waals surface area contributed by atoms with Crippen molar-refractivity contribution in [2.75, 3.05) is 71.9 Å². The largest absolute Gasteiger partial charge is 0.456 e. The molecular weight excluding hydrogens is 578 g/mol. The van der Waals surface area contributed by atoms with Crippen molar-refractivity contribution >= 4 is 40.5 Å². The molecule has 234 valence electrons. The molecule has 0 unspecified atom stereocenters. The van der Waals surface area contributed by atoms with Crippen molar-refractivity contribution in [3.05, 3.63) is 71.1 Å². The number of aldehydes is 1. The summed E-state index contributed by atoms with van der Waals surface area (Å²) >= 11 is 5.69. The van der Waals surface area contributed by atoms with Gasteiger partial charge in [-0.15, -0.1) is 11.6 Å². The minimum atomic E-state index is -0.263. The van der Waals surface area contributed by atoms with Crippen LogP contribution in [0.3, 0.4) is 0 Å². The van der Waals surface area contributed by atoms with Gasteiger partial charge in [-0.1, -0.05) is 18.9 Å². The van der Waals surface area contributed by atoms with Gasteiger partial charge in [-0.2, -0.15) is 0 Å². The fraction of sp³-hybridized carbons (Fsp3) is 0.400. The number of benzene rings is 3. The lowest BCUT2D eigenvalue weighted by Gasteiger charge is -2.19. The van der Waals surface area contributed by atoms with Crippen LogP contribution in [0.1, 0.15) is 46.4 Å². The fourth-order valence-electron chi connectivity index (χ4n) is 5.06. The van der Waals surface area contributed by atoms with Crippen LogP contribution in [0.25, 0.3) is 33.4 Å². The monoisotopic (exact) mass is 620 g/mol. The molecule has 0 atom stereocenters. The van der Waals surface area contributed by atoms with E-state index in [0.717, 1.165) is 71.7 Å². The van der Waals surface area contributed by atoms with Crippen molar-refractivity contribution in [3.8, 4) is 22.5 Å². The molecule has 1 heterocycles. The number of carbonyl (C=O) groups is 2. The topological polar surface area (TPSA) is 84.0 Å². The molecule has 0 fully saturated rings. The van der Waals surface area contributed by atoms with E-state index in [1.807, 2.05) is 80.1 Å². The molecule has 1 aliphatic carbocycles. The maximum atomic E-state index is 12.9. The Hall–Kier alpha value is -3.72. The van der Waals surface area contributed by atoms with Crippen molar-refractivity contribution in [1.29, 1.82) is 0 Å². The number of fused-ring (bicyclic) bond motifs is 2. The first-order valence-electron chi connectivity index (χ1n) is 15.1. The number of unbranched alkanes of at least 4 members (excludes halogenated alkanes) is 3. The maximum absolute atomic E-state index is 12.9. The van der Waals surface area contributed by atoms with Gasteiger partial charge in [0, 0.05) is 78.6 Å². The second-order valence-corrected chi connectivity index (χ2v) is 11.5. The lowest BCUT2D eigenvalue weighted by Crippen LogP contribution is -2.27. The lowest BCUT2D eigenvalue weighted by molar-refractivity contribution is 0.0468. The first-order chi connectivity index (χ1) is 21.3. The van der Waals surface area contributed by atoms with Crippen LogP contribution in [-0.2, 0) is 9.47 Å². The zero-order valence-corrected chi connectivity index (χ0v) is 26.9. The Labute approximate surface area is 264 Å². The summed E-state index contributed by atoms with van der Waals surface area (Å²) in [5.74, 6) is 1.16. The third-order valence-corrected chi connectivity index (χ3v) is 7.78. The average Bonchev–Trinajstić information content (AvgIpc) is 3.03. The van der Waals surface area contributed by atoms with Gasteiger partial charge in [0.2, 0.25) is 5.36 Å². The summed E-state index contributed by atoms with van der Waals surface area (Å²) in [4.78, 5) is 27.4. The zero-order valence-electron chi connectivity index (χ0n) is 26.2. The van der Waals surface area contributed by atoms with Gasteiger partial charge >= 0.3 is 0 Å². The molecule has 1 amide bonds. The Morgan fingerprint density at radius 1 is 0.909 bits per heavy atom. The predicted molar refractivity (Wildman–Crippen MR) is 178 cm³/mol. The third-order valence-electron chi connectivity index (χ3n) is 7.51. The Bertz CT molecular complexity index is 1610. The van der Waals surface area contributed by atoms with Crippen molar-refractivity contribution in [3.63, 3.8) is 0 Å². The molecule has 0 aromatic heterocycles. The first-order valence-corrected chi connectivity index (χ1v) is 15.6. The van der Waals surface area contributed by atoms with Crippen LogP contribution < -0.4 is 20.1 Å². The molecule has 44 heavy (non-hydrogen) atoms. The number of anilines is 1. The molecule has 9 heteroatoms. The van der Waals surface area contributed by atoms with E-state index in [4.69, 9.17) is 25.5 Å². The standard InChI is InChI=1S/C35H42ClN3O5/c1-38(2)27-10-13-30-32(22-27)44-33-23-28(39(3)4)11-14-31(33)34(30)29-12-9-25(21-26(29)24-40)35(41)37-16-18-43-20-19-42-17-8-6-5-7-15-36/h9-14,21-24H,5-8,15-20H2,1-4H3/p+1. The van der Waals surface area contributed by atoms with Gasteiger partial charge in [-0.25, -0.2) is 4.58 Å². The second-order valence-electron chi connectivity index (χ2n) is 11.1. The smallest absolute Gasteiger partial charge is 0.251 e. The summed E-state index contributed by atoms with van der Waals surface area (Å²) in [7, 11) is 7.93. The Kier molecular flexibility index (Phi) is 12.4. The Morgan fingerprint density at radius 2 is 1.66 bits per heavy atom. The van der Waals surface area contributed by atoms with Gasteiger partial charge < -0.3 is 24.1 Å². The van der Waals surface area contributed by atoms with E-state index in [-0.39, 0.29) is 5.91 Å². The summed E-state index contributed by atoms with van der Waals surface area (Å²) in [5.41, 5.74) is 5.05. The molecule has 0 spiro atoms. The molecule has 0 saturated heterocycles. The van der Waals surface area contributed by atoms with Gasteiger partial charge in [0.1, 0.15) is 25.4 Å². The third kappa shape index (κ3) is 8.46. The number of ether oxygens (including phenoxy) is 2. The van der Waals surface area contributed by atoms with Crippen molar-refractivity contribution < 1.29 is 23.5 Å². The maximum Gasteiger partial charge on any atom is 0.251 e. The first kappa shape index (κ1) is 33.2. The highest BCUT2D eigenvalue weighted by Gasteiger charge is 2.21. The average molecular weight is 621 g/mol. The van der Waals surface area contributed by atoms with E-state index in [2.05, 4.69) is 5.32 Å². The van der Waals surface area contributed by atoms with E-state index in [0.29, 0.717) is 54.7 Å². The fourth-order valence-corrected chi connectivity index (χ4v) is 5.25. The SMILES string of the molecule is CN(C)c1ccc2c(-c3ccc(C(=O)NCCOCCOCCCCCCCl)cc3C=O)c3ccc(=[N+](C)C)cc-3oc2c1. The van der Waals surface area contributed by atoms with Crippen LogP contribution in [0, 0.1) is 0 Å². The van der Waals surface area contributed by atoms with Crippen molar-refractivity contribution in [1.82, 2.24) is 9.89 Å². The van der Waals surface area contributed by atoms with E-state index < -0.39 is 0 Å². The number of alkyl halides is 1. The zero-order chi connectivity index (χ0) is 31.5. The highest BCUT2D eigenvalue weighted by atomic mass is 35.5. The van der Waals surface area contributed by atoms with Crippen LogP contribution in [0.4, 0.5) is 5.69 Å². The molecular formula is C35H43ClN3O5+. The molecule has 0 radical (unpaired) electrons. The van der Waals surface area contributed by atoms with E-state index >= 15 is 0 Å². The van der Waals surface area contributed by atoms with Crippen LogP contribution >= 0.6 is 11.6 Å². The number of nitrogens with one attached hydrogen (secondary N) is 1. The molecule has 8 nitrogen and oxygen atoms in total. The number of rotatable bonds is 16. The molecule has 4 rings (SSSR count). The van der Waals surface area contributed by atoms with E-state index in [1.165, 1.54) is 0 Å². The van der Waals surface area contributed by atoms with Crippen LogP contribution in [0.5, 0.6) is 0 Å². The molecule has 0 saturated carbocycles. The van der Waals surface area contributed by atoms with Crippen LogP contribution in [-0.4, -0.2) is 79.2 Å². The molecule has 1 N–H and O–H groups in total. The lowest BCUT2D eigenvalue weighted by atomic mass is 9.90. The van der Waals surface area contributed by atoms with Crippen molar-refractivity contribution in [2.24, 2.45) is 0 Å².